The Balaban J connectivity index is 2.31. The maximum atomic E-state index is 9.45. The molecule has 0 atom stereocenters. The molecule has 0 N–H and O–H groups in total. The second-order valence-electron chi connectivity index (χ2n) is 6.19. The maximum Gasteiger partial charge on any atom is 0.203 e. The zero-order valence-electron chi connectivity index (χ0n) is 16.9. The predicted octanol–water partition coefficient (Wildman–Crippen LogP) is 3.63. The van der Waals surface area contributed by atoms with E-state index in [4.69, 9.17) is 30.6 Å². The average Bonchev–Trinajstić information content (AvgIpc) is 3.07. The summed E-state index contributed by atoms with van der Waals surface area (Å²) in [4.78, 5) is 12.7. The van der Waals surface area contributed by atoms with E-state index in [0.717, 1.165) is 15.8 Å². The van der Waals surface area contributed by atoms with Gasteiger partial charge in [0.15, 0.2) is 17.3 Å². The molecule has 0 saturated carbocycles. The number of nitrogens with zero attached hydrogens (tertiary/aromatic N) is 4. The van der Waals surface area contributed by atoms with Crippen molar-refractivity contribution in [2.24, 2.45) is 0 Å². The van der Waals surface area contributed by atoms with E-state index in [0.29, 0.717) is 45.9 Å². The molecule has 7 nitrogen and oxygen atoms in total. The van der Waals surface area contributed by atoms with Gasteiger partial charge in [0.05, 0.1) is 33.3 Å². The molecule has 0 saturated heterocycles. The molecule has 148 valence electrons. The molecule has 2 heterocycles. The number of anilines is 1. The Morgan fingerprint density at radius 2 is 1.79 bits per heavy atom. The lowest BCUT2D eigenvalue weighted by molar-refractivity contribution is 0.324. The number of aromatic nitrogens is 2. The first-order valence-corrected chi connectivity index (χ1v) is 9.46. The summed E-state index contributed by atoms with van der Waals surface area (Å²) in [6, 6.07) is 5.81. The first-order chi connectivity index (χ1) is 14.0. The van der Waals surface area contributed by atoms with Crippen LogP contribution in [-0.2, 0) is 0 Å². The highest BCUT2D eigenvalue weighted by molar-refractivity contribution is 7.19. The minimum atomic E-state index is 0.373. The second kappa shape index (κ2) is 8.26. The summed E-state index contributed by atoms with van der Waals surface area (Å²) in [5.41, 5.74) is 1.55. The van der Waals surface area contributed by atoms with Crippen molar-refractivity contribution in [3.8, 4) is 47.0 Å². The largest absolute Gasteiger partial charge is 0.493 e. The maximum absolute atomic E-state index is 9.45. The van der Waals surface area contributed by atoms with E-state index in [1.807, 2.05) is 18.9 Å². The Labute approximate surface area is 173 Å². The summed E-state index contributed by atoms with van der Waals surface area (Å²) >= 11 is 1.33. The van der Waals surface area contributed by atoms with Gasteiger partial charge in [0.25, 0.3) is 0 Å². The van der Waals surface area contributed by atoms with Crippen LogP contribution >= 0.6 is 11.3 Å². The standard InChI is InChI=1S/C21H20N4O3S/c1-7-8-25(3)20-17-12(2)16(11-22)29-21(17)24-19(23-20)13-9-14(26-4)18(28-6)15(10-13)27-5/h1,9-10H,8H2,2-6H3. The van der Waals surface area contributed by atoms with Crippen molar-refractivity contribution in [3.63, 3.8) is 0 Å². The Hall–Kier alpha value is -3.49. The fourth-order valence-electron chi connectivity index (χ4n) is 3.05. The number of thiophene rings is 1. The molecular formula is C21H20N4O3S. The minimum absolute atomic E-state index is 0.373. The smallest absolute Gasteiger partial charge is 0.203 e. The molecule has 0 aliphatic heterocycles. The van der Waals surface area contributed by atoms with Crippen molar-refractivity contribution in [1.29, 1.82) is 5.26 Å². The third-order valence-corrected chi connectivity index (χ3v) is 5.58. The SMILES string of the molecule is C#CCN(C)c1nc(-c2cc(OC)c(OC)c(OC)c2)nc2sc(C#N)c(C)c12. The molecule has 0 aliphatic carbocycles. The van der Waals surface area contributed by atoms with E-state index in [1.54, 1.807) is 33.5 Å². The number of ether oxygens (including phenoxy) is 3. The van der Waals surface area contributed by atoms with Gasteiger partial charge in [-0.05, 0) is 24.6 Å². The fraction of sp³-hybridized carbons (Fsp3) is 0.286. The summed E-state index contributed by atoms with van der Waals surface area (Å²) < 4.78 is 16.3. The molecule has 0 radical (unpaired) electrons. The van der Waals surface area contributed by atoms with E-state index >= 15 is 0 Å². The summed E-state index contributed by atoms with van der Waals surface area (Å²) in [5.74, 6) is 5.27. The lowest BCUT2D eigenvalue weighted by Gasteiger charge is -2.18. The normalized spacial score (nSPS) is 10.3. The molecular weight excluding hydrogens is 388 g/mol. The Morgan fingerprint density at radius 3 is 2.31 bits per heavy atom. The van der Waals surface area contributed by atoms with Gasteiger partial charge >= 0.3 is 0 Å². The van der Waals surface area contributed by atoms with Crippen LogP contribution < -0.4 is 19.1 Å². The Kier molecular flexibility index (Phi) is 5.76. The number of methoxy groups -OCH3 is 3. The number of nitriles is 1. The highest BCUT2D eigenvalue weighted by atomic mass is 32.1. The van der Waals surface area contributed by atoms with Crippen molar-refractivity contribution in [1.82, 2.24) is 9.97 Å². The minimum Gasteiger partial charge on any atom is -0.493 e. The van der Waals surface area contributed by atoms with E-state index in [1.165, 1.54) is 11.3 Å². The summed E-state index contributed by atoms with van der Waals surface area (Å²) in [5, 5.41) is 10.3. The number of terminal acetylenes is 1. The third kappa shape index (κ3) is 3.51. The zero-order chi connectivity index (χ0) is 21.1. The lowest BCUT2D eigenvalue weighted by Crippen LogP contribution is -2.19. The quantitative estimate of drug-likeness (QED) is 0.576. The van der Waals surface area contributed by atoms with Gasteiger partial charge < -0.3 is 19.1 Å². The first kappa shape index (κ1) is 20.2. The number of hydrogen-bond donors (Lipinski definition) is 0. The highest BCUT2D eigenvalue weighted by Gasteiger charge is 2.21. The molecule has 0 bridgehead atoms. The number of aryl methyl sites for hydroxylation is 1. The van der Waals surface area contributed by atoms with Gasteiger partial charge in [-0.15, -0.1) is 17.8 Å². The van der Waals surface area contributed by atoms with Gasteiger partial charge in [-0.25, -0.2) is 9.97 Å². The van der Waals surface area contributed by atoms with E-state index in [9.17, 15) is 5.26 Å². The van der Waals surface area contributed by atoms with Crippen LogP contribution in [0.3, 0.4) is 0 Å². The molecule has 0 fully saturated rings. The molecule has 0 aliphatic rings. The van der Waals surface area contributed by atoms with E-state index in [2.05, 4.69) is 12.0 Å². The molecule has 29 heavy (non-hydrogen) atoms. The summed E-state index contributed by atoms with van der Waals surface area (Å²) in [6.45, 7) is 2.27. The van der Waals surface area contributed by atoms with Gasteiger partial charge in [0, 0.05) is 12.6 Å². The molecule has 3 rings (SSSR count). The van der Waals surface area contributed by atoms with Gasteiger partial charge in [-0.2, -0.15) is 5.26 Å². The second-order valence-corrected chi connectivity index (χ2v) is 7.19. The van der Waals surface area contributed by atoms with Gasteiger partial charge in [-0.1, -0.05) is 5.92 Å². The average molecular weight is 408 g/mol. The van der Waals surface area contributed by atoms with Crippen molar-refractivity contribution < 1.29 is 14.2 Å². The van der Waals surface area contributed by atoms with Crippen LogP contribution in [0.15, 0.2) is 12.1 Å². The molecule has 0 amide bonds. The molecule has 3 aromatic rings. The third-order valence-electron chi connectivity index (χ3n) is 4.49. The zero-order valence-corrected chi connectivity index (χ0v) is 17.7. The molecule has 2 aromatic heterocycles. The Morgan fingerprint density at radius 1 is 1.14 bits per heavy atom. The number of rotatable bonds is 6. The van der Waals surface area contributed by atoms with Crippen LogP contribution in [0.4, 0.5) is 5.82 Å². The highest BCUT2D eigenvalue weighted by Crippen LogP contribution is 2.42. The fourth-order valence-corrected chi connectivity index (χ4v) is 4.02. The molecule has 1 aromatic carbocycles. The van der Waals surface area contributed by atoms with Crippen molar-refractivity contribution in [2.75, 3.05) is 39.8 Å². The van der Waals surface area contributed by atoms with Crippen LogP contribution in [0.1, 0.15) is 10.4 Å². The van der Waals surface area contributed by atoms with Gasteiger partial charge in [0.2, 0.25) is 5.75 Å². The van der Waals surface area contributed by atoms with Gasteiger partial charge in [0.1, 0.15) is 21.6 Å². The molecule has 8 heteroatoms. The van der Waals surface area contributed by atoms with Crippen molar-refractivity contribution in [2.45, 2.75) is 6.92 Å². The van der Waals surface area contributed by atoms with Crippen LogP contribution in [0.5, 0.6) is 17.2 Å². The van der Waals surface area contributed by atoms with Crippen LogP contribution in [0.2, 0.25) is 0 Å². The van der Waals surface area contributed by atoms with Crippen LogP contribution in [0.25, 0.3) is 21.6 Å². The van der Waals surface area contributed by atoms with Crippen LogP contribution in [0, 0.1) is 30.6 Å². The van der Waals surface area contributed by atoms with Crippen molar-refractivity contribution in [3.05, 3.63) is 22.6 Å². The van der Waals surface area contributed by atoms with E-state index < -0.39 is 0 Å². The first-order valence-electron chi connectivity index (χ1n) is 8.65. The Bertz CT molecular complexity index is 1130. The summed E-state index contributed by atoms with van der Waals surface area (Å²) in [6.07, 6.45) is 5.51. The lowest BCUT2D eigenvalue weighted by atomic mass is 10.1. The number of hydrogen-bond acceptors (Lipinski definition) is 8. The van der Waals surface area contributed by atoms with Crippen molar-refractivity contribution >= 4 is 27.4 Å². The number of fused-ring (bicyclic) bond motifs is 1. The number of benzene rings is 1. The van der Waals surface area contributed by atoms with Gasteiger partial charge in [-0.3, -0.25) is 0 Å². The molecule has 0 unspecified atom stereocenters. The summed E-state index contributed by atoms with van der Waals surface area (Å²) in [7, 11) is 6.52. The topological polar surface area (TPSA) is 80.5 Å². The predicted molar refractivity (Wildman–Crippen MR) is 114 cm³/mol. The molecule has 0 spiro atoms. The van der Waals surface area contributed by atoms with E-state index in [-0.39, 0.29) is 0 Å². The van der Waals surface area contributed by atoms with Crippen LogP contribution in [-0.4, -0.2) is 44.9 Å². The monoisotopic (exact) mass is 408 g/mol.